The predicted molar refractivity (Wildman–Crippen MR) is 112 cm³/mol. The molecule has 2 aromatic heterocycles. The molecule has 6 nitrogen and oxygen atoms in total. The molecule has 0 atom stereocenters. The van der Waals surface area contributed by atoms with Crippen LogP contribution in [0.5, 0.6) is 0 Å². The van der Waals surface area contributed by atoms with Gasteiger partial charge in [-0.25, -0.2) is 4.98 Å². The quantitative estimate of drug-likeness (QED) is 0.553. The van der Waals surface area contributed by atoms with E-state index in [0.29, 0.717) is 55.3 Å². The van der Waals surface area contributed by atoms with Crippen molar-refractivity contribution >= 4 is 17.4 Å². The lowest BCUT2D eigenvalue weighted by molar-refractivity contribution is -0.141. The third kappa shape index (κ3) is 4.19. The van der Waals surface area contributed by atoms with E-state index in [-0.39, 0.29) is 5.41 Å². The number of rotatable bonds is 5. The maximum Gasteiger partial charge on any atom is 0.433 e. The molecule has 3 heterocycles. The molecule has 0 spiro atoms. The fourth-order valence-corrected chi connectivity index (χ4v) is 4.26. The Hall–Kier alpha value is -2.65. The van der Waals surface area contributed by atoms with Crippen LogP contribution in [0.2, 0.25) is 5.02 Å². The second-order valence-electron chi connectivity index (χ2n) is 8.24. The van der Waals surface area contributed by atoms with Crippen LogP contribution >= 0.6 is 11.6 Å². The first-order valence-electron chi connectivity index (χ1n) is 10.4. The highest BCUT2D eigenvalue weighted by Crippen LogP contribution is 2.52. The van der Waals surface area contributed by atoms with Crippen molar-refractivity contribution in [3.05, 3.63) is 70.5 Å². The number of nitrogens with zero attached hydrogens (tertiary/aromatic N) is 5. The van der Waals surface area contributed by atoms with Gasteiger partial charge in [0, 0.05) is 31.2 Å². The fourth-order valence-electron chi connectivity index (χ4n) is 4.13. The summed E-state index contributed by atoms with van der Waals surface area (Å²) in [6, 6.07) is 11.8. The van der Waals surface area contributed by atoms with Gasteiger partial charge in [0.1, 0.15) is 11.5 Å². The van der Waals surface area contributed by atoms with E-state index < -0.39 is 11.9 Å². The third-order valence-electron chi connectivity index (χ3n) is 6.12. The van der Waals surface area contributed by atoms with E-state index in [0.717, 1.165) is 24.5 Å². The van der Waals surface area contributed by atoms with Crippen molar-refractivity contribution in [3.63, 3.8) is 0 Å². The molecule has 1 aliphatic heterocycles. The number of alkyl halides is 3. The van der Waals surface area contributed by atoms with Gasteiger partial charge in [0.2, 0.25) is 5.89 Å². The van der Waals surface area contributed by atoms with Crippen molar-refractivity contribution in [2.24, 2.45) is 0 Å². The summed E-state index contributed by atoms with van der Waals surface area (Å²) in [5.41, 5.74) is 0.0715. The number of hydrogen-bond donors (Lipinski definition) is 0. The summed E-state index contributed by atoms with van der Waals surface area (Å²) < 4.78 is 44.3. The molecule has 0 bridgehead atoms. The van der Waals surface area contributed by atoms with Gasteiger partial charge in [0.25, 0.3) is 0 Å². The molecule has 32 heavy (non-hydrogen) atoms. The van der Waals surface area contributed by atoms with Gasteiger partial charge in [-0.15, -0.1) is 0 Å². The van der Waals surface area contributed by atoms with Crippen LogP contribution in [-0.2, 0) is 18.1 Å². The van der Waals surface area contributed by atoms with E-state index >= 15 is 0 Å². The molecule has 1 aliphatic carbocycles. The number of benzene rings is 1. The summed E-state index contributed by atoms with van der Waals surface area (Å²) in [7, 11) is 0. The Kier molecular flexibility index (Phi) is 5.33. The van der Waals surface area contributed by atoms with Crippen molar-refractivity contribution in [3.8, 4) is 0 Å². The molecule has 0 radical (unpaired) electrons. The first-order chi connectivity index (χ1) is 15.3. The lowest BCUT2D eigenvalue weighted by Crippen LogP contribution is -2.46. The Balaban J connectivity index is 1.21. The molecule has 1 saturated carbocycles. The molecule has 10 heteroatoms. The zero-order valence-corrected chi connectivity index (χ0v) is 17.9. The maximum absolute atomic E-state index is 12.9. The lowest BCUT2D eigenvalue weighted by atomic mass is 9.95. The van der Waals surface area contributed by atoms with Gasteiger partial charge in [0.05, 0.1) is 12.0 Å². The first kappa shape index (κ1) is 21.2. The van der Waals surface area contributed by atoms with Crippen LogP contribution in [0.4, 0.5) is 19.0 Å². The van der Waals surface area contributed by atoms with Crippen LogP contribution in [0.25, 0.3) is 0 Å². The van der Waals surface area contributed by atoms with E-state index in [2.05, 4.69) is 20.0 Å². The Bertz CT molecular complexity index is 1090. The van der Waals surface area contributed by atoms with Crippen LogP contribution in [0.1, 0.15) is 35.8 Å². The fraction of sp³-hybridized carbons (Fsp3) is 0.409. The monoisotopic (exact) mass is 463 g/mol. The summed E-state index contributed by atoms with van der Waals surface area (Å²) in [6.07, 6.45) is -2.51. The van der Waals surface area contributed by atoms with Gasteiger partial charge in [-0.3, -0.25) is 4.90 Å². The Morgan fingerprint density at radius 3 is 2.34 bits per heavy atom. The highest BCUT2D eigenvalue weighted by Gasteiger charge is 2.50. The van der Waals surface area contributed by atoms with E-state index in [9.17, 15) is 13.2 Å². The molecule has 168 valence electrons. The molecule has 0 amide bonds. The number of halogens is 4. The van der Waals surface area contributed by atoms with E-state index in [1.807, 2.05) is 29.2 Å². The molecule has 2 aliphatic rings. The van der Waals surface area contributed by atoms with Gasteiger partial charge in [-0.1, -0.05) is 35.0 Å². The minimum absolute atomic E-state index is 0.194. The lowest BCUT2D eigenvalue weighted by Gasteiger charge is -2.34. The van der Waals surface area contributed by atoms with Gasteiger partial charge in [-0.2, -0.15) is 18.2 Å². The molecule has 1 saturated heterocycles. The van der Waals surface area contributed by atoms with Crippen LogP contribution in [0.15, 0.2) is 47.0 Å². The minimum Gasteiger partial charge on any atom is -0.354 e. The number of aromatic nitrogens is 3. The van der Waals surface area contributed by atoms with Crippen molar-refractivity contribution in [1.29, 1.82) is 0 Å². The highest BCUT2D eigenvalue weighted by molar-refractivity contribution is 6.30. The average Bonchev–Trinajstić information content (AvgIpc) is 3.46. The first-order valence-corrected chi connectivity index (χ1v) is 10.8. The van der Waals surface area contributed by atoms with Crippen molar-refractivity contribution in [1.82, 2.24) is 20.0 Å². The Morgan fingerprint density at radius 1 is 0.969 bits per heavy atom. The molecular formula is C22H21ClF3N5O. The molecular weight excluding hydrogens is 443 g/mol. The summed E-state index contributed by atoms with van der Waals surface area (Å²) >= 11 is 6.01. The zero-order valence-electron chi connectivity index (χ0n) is 17.1. The predicted octanol–water partition coefficient (Wildman–Crippen LogP) is 4.54. The number of hydrogen-bond acceptors (Lipinski definition) is 6. The van der Waals surface area contributed by atoms with Crippen LogP contribution in [-0.4, -0.2) is 46.2 Å². The number of pyridine rings is 1. The summed E-state index contributed by atoms with van der Waals surface area (Å²) in [5.74, 6) is 1.59. The Morgan fingerprint density at radius 2 is 1.69 bits per heavy atom. The molecule has 0 N–H and O–H groups in total. The van der Waals surface area contributed by atoms with Gasteiger partial charge < -0.3 is 9.42 Å². The molecule has 0 unspecified atom stereocenters. The van der Waals surface area contributed by atoms with Crippen molar-refractivity contribution in [2.75, 3.05) is 31.1 Å². The number of piperazine rings is 1. The largest absolute Gasteiger partial charge is 0.433 e. The third-order valence-corrected chi connectivity index (χ3v) is 6.37. The van der Waals surface area contributed by atoms with E-state index in [4.69, 9.17) is 16.1 Å². The maximum atomic E-state index is 12.9. The van der Waals surface area contributed by atoms with Gasteiger partial charge in [-0.05, 0) is 42.7 Å². The smallest absolute Gasteiger partial charge is 0.354 e. The minimum atomic E-state index is -4.45. The highest BCUT2D eigenvalue weighted by atomic mass is 35.5. The van der Waals surface area contributed by atoms with Gasteiger partial charge in [0.15, 0.2) is 5.82 Å². The van der Waals surface area contributed by atoms with Gasteiger partial charge >= 0.3 is 6.18 Å². The normalized spacial score (nSPS) is 18.7. The second-order valence-corrected chi connectivity index (χ2v) is 8.68. The van der Waals surface area contributed by atoms with Crippen LogP contribution in [0.3, 0.4) is 0 Å². The topological polar surface area (TPSA) is 58.3 Å². The standard InChI is InChI=1S/C22H21ClF3N5O/c23-16-6-4-15(5-7-16)21(8-9-21)20-28-19(32-29-20)14-30-10-12-31(13-11-30)18-3-1-2-17(27-18)22(24,25)26/h1-7H,8-14H2. The van der Waals surface area contributed by atoms with Crippen LogP contribution < -0.4 is 4.90 Å². The Labute approximate surface area is 188 Å². The molecule has 2 fully saturated rings. The SMILES string of the molecule is FC(F)(F)c1cccc(N2CCN(Cc3nc(C4(c5ccc(Cl)cc5)CC4)no3)CC2)n1. The second kappa shape index (κ2) is 8.04. The van der Waals surface area contributed by atoms with E-state index in [1.54, 1.807) is 6.07 Å². The van der Waals surface area contributed by atoms with Crippen LogP contribution in [0, 0.1) is 0 Å². The average molecular weight is 464 g/mol. The zero-order chi connectivity index (χ0) is 22.3. The molecule has 3 aromatic rings. The van der Waals surface area contributed by atoms with Crippen molar-refractivity contribution < 1.29 is 17.7 Å². The molecule has 1 aromatic carbocycles. The molecule has 5 rings (SSSR count). The summed E-state index contributed by atoms with van der Waals surface area (Å²) in [4.78, 5) is 12.5. The van der Waals surface area contributed by atoms with E-state index in [1.165, 1.54) is 6.07 Å². The number of anilines is 1. The summed E-state index contributed by atoms with van der Waals surface area (Å²) in [5, 5.41) is 4.93. The van der Waals surface area contributed by atoms with Crippen molar-refractivity contribution in [2.45, 2.75) is 31.0 Å². The summed E-state index contributed by atoms with van der Waals surface area (Å²) in [6.45, 7) is 2.98.